The predicted molar refractivity (Wildman–Crippen MR) is 91.6 cm³/mol. The molecule has 2 aromatic rings. The molecule has 5 nitrogen and oxygen atoms in total. The van der Waals surface area contributed by atoms with Crippen molar-refractivity contribution < 1.29 is 19.1 Å². The Labute approximate surface area is 146 Å². The Morgan fingerprint density at radius 1 is 0.960 bits per heavy atom. The molecule has 5 heteroatoms. The molecule has 2 aromatic carbocycles. The minimum atomic E-state index is -0.576. The third-order valence-electron chi connectivity index (χ3n) is 4.71. The number of nitrogens with zero attached hydrogens (tertiary/aromatic N) is 1. The van der Waals surface area contributed by atoms with E-state index in [9.17, 15) is 9.59 Å². The standard InChI is InChI=1S/C20H19NO4/c22-18(21-11-5-6-12-21)13-24-20(23)19-14-7-1-3-9-16(14)25-17-10-4-2-8-15(17)19/h1-4,7-10,19H,5-6,11-13H2. The summed E-state index contributed by atoms with van der Waals surface area (Å²) < 4.78 is 11.3. The molecular formula is C20H19NO4. The highest BCUT2D eigenvalue weighted by atomic mass is 16.5. The van der Waals surface area contributed by atoms with Gasteiger partial charge >= 0.3 is 5.97 Å². The molecular weight excluding hydrogens is 318 g/mol. The second-order valence-corrected chi connectivity index (χ2v) is 6.31. The molecule has 0 saturated carbocycles. The lowest BCUT2D eigenvalue weighted by atomic mass is 9.88. The molecule has 0 atom stereocenters. The normalized spacial score (nSPS) is 15.9. The van der Waals surface area contributed by atoms with Crippen LogP contribution in [0.15, 0.2) is 48.5 Å². The van der Waals surface area contributed by atoms with Crippen molar-refractivity contribution in [1.82, 2.24) is 4.90 Å². The van der Waals surface area contributed by atoms with E-state index in [0.29, 0.717) is 11.5 Å². The molecule has 1 amide bonds. The van der Waals surface area contributed by atoms with E-state index in [1.54, 1.807) is 4.90 Å². The molecule has 0 N–H and O–H groups in total. The lowest BCUT2D eigenvalue weighted by molar-refractivity contribution is -0.152. The molecule has 2 aliphatic rings. The minimum Gasteiger partial charge on any atom is -0.457 e. The molecule has 2 heterocycles. The van der Waals surface area contributed by atoms with Crippen LogP contribution in [-0.2, 0) is 14.3 Å². The van der Waals surface area contributed by atoms with Crippen LogP contribution in [0, 0.1) is 0 Å². The van der Waals surface area contributed by atoms with Gasteiger partial charge in [-0.3, -0.25) is 9.59 Å². The summed E-state index contributed by atoms with van der Waals surface area (Å²) in [5.41, 5.74) is 1.53. The van der Waals surface area contributed by atoms with Crippen LogP contribution >= 0.6 is 0 Å². The van der Waals surface area contributed by atoms with Gasteiger partial charge in [0.1, 0.15) is 17.4 Å². The summed E-state index contributed by atoms with van der Waals surface area (Å²) in [6.07, 6.45) is 2.03. The molecule has 1 saturated heterocycles. The Hall–Kier alpha value is -2.82. The van der Waals surface area contributed by atoms with Crippen LogP contribution in [0.3, 0.4) is 0 Å². The second-order valence-electron chi connectivity index (χ2n) is 6.31. The number of ether oxygens (including phenoxy) is 2. The average Bonchev–Trinajstić information content (AvgIpc) is 3.18. The largest absolute Gasteiger partial charge is 0.457 e. The number of likely N-dealkylation sites (tertiary alicyclic amines) is 1. The number of carbonyl (C=O) groups excluding carboxylic acids is 2. The first-order valence-corrected chi connectivity index (χ1v) is 8.54. The van der Waals surface area contributed by atoms with Crippen molar-refractivity contribution in [1.29, 1.82) is 0 Å². The fraction of sp³-hybridized carbons (Fsp3) is 0.300. The van der Waals surface area contributed by atoms with Gasteiger partial charge in [-0.05, 0) is 25.0 Å². The van der Waals surface area contributed by atoms with Crippen LogP contribution < -0.4 is 4.74 Å². The Morgan fingerprint density at radius 2 is 1.52 bits per heavy atom. The zero-order valence-electron chi connectivity index (χ0n) is 13.8. The Bertz CT molecular complexity index is 765. The Morgan fingerprint density at radius 3 is 2.12 bits per heavy atom. The number of esters is 1. The van der Waals surface area contributed by atoms with Crippen LogP contribution in [0.2, 0.25) is 0 Å². The van der Waals surface area contributed by atoms with Gasteiger partial charge in [0, 0.05) is 24.2 Å². The zero-order valence-corrected chi connectivity index (χ0v) is 13.8. The summed E-state index contributed by atoms with van der Waals surface area (Å²) >= 11 is 0. The van der Waals surface area contributed by atoms with E-state index in [-0.39, 0.29) is 12.5 Å². The molecule has 0 aliphatic carbocycles. The lowest BCUT2D eigenvalue weighted by Gasteiger charge is -2.27. The maximum absolute atomic E-state index is 12.8. The van der Waals surface area contributed by atoms with E-state index in [2.05, 4.69) is 0 Å². The van der Waals surface area contributed by atoms with Crippen molar-refractivity contribution in [2.75, 3.05) is 19.7 Å². The van der Waals surface area contributed by atoms with E-state index < -0.39 is 11.9 Å². The maximum Gasteiger partial charge on any atom is 0.318 e. The first-order chi connectivity index (χ1) is 12.2. The van der Waals surface area contributed by atoms with Crippen molar-refractivity contribution in [3.8, 4) is 11.5 Å². The van der Waals surface area contributed by atoms with Crippen LogP contribution in [0.1, 0.15) is 29.9 Å². The third kappa shape index (κ3) is 2.97. The lowest BCUT2D eigenvalue weighted by Crippen LogP contribution is -2.33. The van der Waals surface area contributed by atoms with Gasteiger partial charge in [0.25, 0.3) is 5.91 Å². The fourth-order valence-electron chi connectivity index (χ4n) is 3.44. The van der Waals surface area contributed by atoms with Crippen LogP contribution in [0.4, 0.5) is 0 Å². The summed E-state index contributed by atoms with van der Waals surface area (Å²) in [6, 6.07) is 14.9. The van der Waals surface area contributed by atoms with Crippen molar-refractivity contribution in [2.45, 2.75) is 18.8 Å². The van der Waals surface area contributed by atoms with E-state index >= 15 is 0 Å². The first-order valence-electron chi connectivity index (χ1n) is 8.54. The van der Waals surface area contributed by atoms with E-state index in [1.165, 1.54) is 0 Å². The Kier molecular flexibility index (Phi) is 4.14. The number of hydrogen-bond donors (Lipinski definition) is 0. The maximum atomic E-state index is 12.8. The number of fused-ring (bicyclic) bond motifs is 2. The Balaban J connectivity index is 1.56. The monoisotopic (exact) mass is 337 g/mol. The van der Waals surface area contributed by atoms with Gasteiger partial charge in [0.15, 0.2) is 6.61 Å². The highest BCUT2D eigenvalue weighted by Crippen LogP contribution is 2.44. The van der Waals surface area contributed by atoms with Crippen molar-refractivity contribution in [2.24, 2.45) is 0 Å². The van der Waals surface area contributed by atoms with Gasteiger partial charge in [-0.1, -0.05) is 36.4 Å². The van der Waals surface area contributed by atoms with Crippen molar-refractivity contribution >= 4 is 11.9 Å². The summed E-state index contributed by atoms with van der Waals surface area (Å²) in [6.45, 7) is 1.29. The molecule has 25 heavy (non-hydrogen) atoms. The average molecular weight is 337 g/mol. The highest BCUT2D eigenvalue weighted by molar-refractivity contribution is 5.87. The number of rotatable bonds is 3. The van der Waals surface area contributed by atoms with Gasteiger partial charge in [-0.2, -0.15) is 0 Å². The number of carbonyl (C=O) groups is 2. The molecule has 4 rings (SSSR count). The van der Waals surface area contributed by atoms with Gasteiger partial charge in [0.05, 0.1) is 0 Å². The molecule has 0 radical (unpaired) electrons. The van der Waals surface area contributed by atoms with Gasteiger partial charge in [-0.15, -0.1) is 0 Å². The van der Waals surface area contributed by atoms with E-state index in [1.807, 2.05) is 48.5 Å². The summed E-state index contributed by atoms with van der Waals surface area (Å²) in [4.78, 5) is 26.7. The quantitative estimate of drug-likeness (QED) is 0.808. The number of amides is 1. The summed E-state index contributed by atoms with van der Waals surface area (Å²) in [7, 11) is 0. The molecule has 0 aromatic heterocycles. The topological polar surface area (TPSA) is 55.8 Å². The van der Waals surface area contributed by atoms with Gasteiger partial charge in [0.2, 0.25) is 0 Å². The zero-order chi connectivity index (χ0) is 17.2. The van der Waals surface area contributed by atoms with Gasteiger partial charge < -0.3 is 14.4 Å². The smallest absolute Gasteiger partial charge is 0.318 e. The first kappa shape index (κ1) is 15.7. The highest BCUT2D eigenvalue weighted by Gasteiger charge is 2.34. The molecule has 0 unspecified atom stereocenters. The molecule has 128 valence electrons. The van der Waals surface area contributed by atoms with Gasteiger partial charge in [-0.25, -0.2) is 0 Å². The number of para-hydroxylation sites is 2. The molecule has 2 aliphatic heterocycles. The van der Waals surface area contributed by atoms with Crippen molar-refractivity contribution in [3.63, 3.8) is 0 Å². The molecule has 1 fully saturated rings. The summed E-state index contributed by atoms with van der Waals surface area (Å²) in [5, 5.41) is 0. The van der Waals surface area contributed by atoms with Crippen molar-refractivity contribution in [3.05, 3.63) is 59.7 Å². The van der Waals surface area contributed by atoms with Crippen LogP contribution in [0.5, 0.6) is 11.5 Å². The third-order valence-corrected chi connectivity index (χ3v) is 4.71. The van der Waals surface area contributed by atoms with Crippen LogP contribution in [0.25, 0.3) is 0 Å². The molecule has 0 spiro atoms. The molecule has 0 bridgehead atoms. The predicted octanol–water partition coefficient (Wildman–Crippen LogP) is 3.09. The number of hydrogen-bond acceptors (Lipinski definition) is 4. The minimum absolute atomic E-state index is 0.125. The van der Waals surface area contributed by atoms with E-state index in [0.717, 1.165) is 37.1 Å². The van der Waals surface area contributed by atoms with Crippen LogP contribution in [-0.4, -0.2) is 36.5 Å². The van der Waals surface area contributed by atoms with E-state index in [4.69, 9.17) is 9.47 Å². The fourth-order valence-corrected chi connectivity index (χ4v) is 3.44. The number of benzene rings is 2. The summed E-state index contributed by atoms with van der Waals surface area (Å²) in [5.74, 6) is 0.172. The SMILES string of the molecule is O=C(OCC(=O)N1CCCC1)C1c2ccccc2Oc2ccccc21. The second kappa shape index (κ2) is 6.59.